The van der Waals surface area contributed by atoms with Crippen molar-refractivity contribution in [3.05, 3.63) is 59.7 Å². The molecular weight excluding hydrogens is 338 g/mol. The summed E-state index contributed by atoms with van der Waals surface area (Å²) in [6.07, 6.45) is 0. The van der Waals surface area contributed by atoms with Crippen LogP contribution in [0, 0.1) is 13.8 Å². The average Bonchev–Trinajstić information content (AvgIpc) is 2.40. The number of halogens is 6. The lowest BCUT2D eigenvalue weighted by atomic mass is 10.2. The molecule has 7 heteroatoms. The fourth-order valence-corrected chi connectivity index (χ4v) is 4.98. The first-order chi connectivity index (χ1) is 10.5. The van der Waals surface area contributed by atoms with Gasteiger partial charge in [0, 0.05) is 19.8 Å². The molecule has 2 rings (SSSR count). The van der Waals surface area contributed by atoms with Crippen molar-refractivity contribution >= 4 is 10.0 Å². The molecule has 0 aliphatic rings. The smallest absolute Gasteiger partial charge is 0.161 e. The van der Waals surface area contributed by atoms with E-state index in [2.05, 4.69) is 0 Å². The van der Waals surface area contributed by atoms with Gasteiger partial charge in [0.1, 0.15) is 0 Å². The molecule has 0 heterocycles. The maximum absolute atomic E-state index is 13.8. The van der Waals surface area contributed by atoms with Gasteiger partial charge in [0.15, 0.2) is 0 Å². The minimum atomic E-state index is -5.45. The third-order valence-corrected chi connectivity index (χ3v) is 6.79. The monoisotopic (exact) mass is 352 g/mol. The van der Waals surface area contributed by atoms with Crippen molar-refractivity contribution in [3.8, 4) is 0 Å². The molecule has 0 radical (unpaired) electrons. The molecule has 0 saturated carbocycles. The summed E-state index contributed by atoms with van der Waals surface area (Å²) in [7, 11) is -5.22. The summed E-state index contributed by atoms with van der Waals surface area (Å²) in [4.78, 5) is -1.51. The Labute approximate surface area is 131 Å². The Morgan fingerprint density at radius 3 is 1.04 bits per heavy atom. The van der Waals surface area contributed by atoms with E-state index in [0.717, 1.165) is 24.3 Å². The number of hydrogen-bond acceptors (Lipinski definition) is 0. The van der Waals surface area contributed by atoms with Crippen LogP contribution in [0.25, 0.3) is 0 Å². The SMILES string of the molecule is Cc1ccc(S(c2ccc(C)cc2)(C(F)(F)F)C(F)(F)F)cc1. The Kier molecular flexibility index (Phi) is 4.45. The van der Waals surface area contributed by atoms with E-state index in [-0.39, 0.29) is 0 Å². The van der Waals surface area contributed by atoms with Crippen LogP contribution in [-0.4, -0.2) is 11.0 Å². The average molecular weight is 352 g/mol. The van der Waals surface area contributed by atoms with Crippen LogP contribution < -0.4 is 0 Å². The highest BCUT2D eigenvalue weighted by atomic mass is 32.3. The fourth-order valence-electron chi connectivity index (χ4n) is 2.29. The highest BCUT2D eigenvalue weighted by molar-refractivity contribution is 8.35. The lowest BCUT2D eigenvalue weighted by Gasteiger charge is -2.43. The van der Waals surface area contributed by atoms with E-state index in [1.165, 1.54) is 24.3 Å². The second-order valence-corrected chi connectivity index (χ2v) is 8.22. The number of hydrogen-bond donors (Lipinski definition) is 0. The summed E-state index contributed by atoms with van der Waals surface area (Å²) in [5.74, 6) is 0. The largest absolute Gasteiger partial charge is 0.440 e. The molecule has 0 aliphatic heterocycles. The van der Waals surface area contributed by atoms with E-state index in [0.29, 0.717) is 11.1 Å². The van der Waals surface area contributed by atoms with E-state index in [1.54, 1.807) is 13.8 Å². The zero-order chi connectivity index (χ0) is 17.5. The minimum Gasteiger partial charge on any atom is -0.161 e. The molecule has 0 saturated heterocycles. The summed E-state index contributed by atoms with van der Waals surface area (Å²) in [5.41, 5.74) is -9.71. The van der Waals surface area contributed by atoms with Gasteiger partial charge in [-0.25, -0.2) is 0 Å². The molecular formula is C16H14F6S. The molecule has 2 aromatic carbocycles. The lowest BCUT2D eigenvalue weighted by molar-refractivity contribution is -0.0800. The molecule has 0 fully saturated rings. The summed E-state index contributed by atoms with van der Waals surface area (Å²) in [6, 6.07) is 8.75. The summed E-state index contributed by atoms with van der Waals surface area (Å²) in [5, 5.41) is 0. The van der Waals surface area contributed by atoms with E-state index < -0.39 is 30.8 Å². The zero-order valence-corrected chi connectivity index (χ0v) is 13.1. The van der Waals surface area contributed by atoms with Crippen LogP contribution in [0.15, 0.2) is 58.3 Å². The van der Waals surface area contributed by atoms with Gasteiger partial charge < -0.3 is 0 Å². The van der Waals surface area contributed by atoms with Crippen molar-refractivity contribution in [1.82, 2.24) is 0 Å². The minimum absolute atomic E-state index is 0.593. The predicted molar refractivity (Wildman–Crippen MR) is 78.6 cm³/mol. The van der Waals surface area contributed by atoms with E-state index in [4.69, 9.17) is 0 Å². The van der Waals surface area contributed by atoms with Gasteiger partial charge in [0.25, 0.3) is 0 Å². The molecule has 0 bridgehead atoms. The maximum atomic E-state index is 13.8. The quantitative estimate of drug-likeness (QED) is 0.537. The predicted octanol–water partition coefficient (Wildman–Crippen LogP) is 6.57. The molecule has 0 aromatic heterocycles. The van der Waals surface area contributed by atoms with Crippen LogP contribution >= 0.6 is 10.0 Å². The zero-order valence-electron chi connectivity index (χ0n) is 12.3. The van der Waals surface area contributed by atoms with Gasteiger partial charge in [0.05, 0.1) is 0 Å². The second-order valence-electron chi connectivity index (χ2n) is 5.13. The van der Waals surface area contributed by atoms with Crippen LogP contribution in [0.1, 0.15) is 11.1 Å². The summed E-state index contributed by atoms with van der Waals surface area (Å²) in [6.45, 7) is 3.21. The number of benzene rings is 2. The number of rotatable bonds is 2. The molecule has 0 N–H and O–H groups in total. The van der Waals surface area contributed by atoms with Crippen LogP contribution in [0.5, 0.6) is 0 Å². The van der Waals surface area contributed by atoms with E-state index >= 15 is 0 Å². The van der Waals surface area contributed by atoms with Gasteiger partial charge in [0.2, 0.25) is 0 Å². The van der Waals surface area contributed by atoms with Gasteiger partial charge in [-0.05, 0) is 38.1 Å². The number of aryl methyl sites for hydroxylation is 2. The highest BCUT2D eigenvalue weighted by Crippen LogP contribution is 2.80. The Hall–Kier alpha value is -1.63. The van der Waals surface area contributed by atoms with Crippen molar-refractivity contribution in [3.63, 3.8) is 0 Å². The maximum Gasteiger partial charge on any atom is 0.440 e. The van der Waals surface area contributed by atoms with Gasteiger partial charge in [-0.3, -0.25) is 0 Å². The molecule has 2 aromatic rings. The van der Waals surface area contributed by atoms with Gasteiger partial charge in [-0.2, -0.15) is 26.3 Å². The first kappa shape index (κ1) is 17.7. The van der Waals surface area contributed by atoms with Crippen LogP contribution in [-0.2, 0) is 0 Å². The van der Waals surface area contributed by atoms with E-state index in [1.807, 2.05) is 0 Å². The van der Waals surface area contributed by atoms with Crippen molar-refractivity contribution in [2.45, 2.75) is 34.7 Å². The Bertz CT molecular complexity index is 606. The summed E-state index contributed by atoms with van der Waals surface area (Å²) < 4.78 is 82.6. The van der Waals surface area contributed by atoms with Crippen molar-refractivity contribution in [2.24, 2.45) is 0 Å². The third kappa shape index (κ3) is 2.94. The van der Waals surface area contributed by atoms with Crippen LogP contribution in [0.4, 0.5) is 26.3 Å². The third-order valence-electron chi connectivity index (χ3n) is 3.44. The number of alkyl halides is 6. The first-order valence-electron chi connectivity index (χ1n) is 6.59. The van der Waals surface area contributed by atoms with Crippen LogP contribution in [0.3, 0.4) is 0 Å². The summed E-state index contributed by atoms with van der Waals surface area (Å²) >= 11 is 0. The Morgan fingerprint density at radius 2 is 0.826 bits per heavy atom. The van der Waals surface area contributed by atoms with Crippen molar-refractivity contribution in [2.75, 3.05) is 0 Å². The molecule has 0 spiro atoms. The van der Waals surface area contributed by atoms with Gasteiger partial charge in [-0.1, -0.05) is 35.4 Å². The molecule has 0 aliphatic carbocycles. The lowest BCUT2D eigenvalue weighted by Crippen LogP contribution is -2.33. The van der Waals surface area contributed by atoms with Gasteiger partial charge >= 0.3 is 11.0 Å². The van der Waals surface area contributed by atoms with Crippen molar-refractivity contribution < 1.29 is 26.3 Å². The molecule has 23 heavy (non-hydrogen) atoms. The molecule has 126 valence electrons. The standard InChI is InChI=1S/C16H14F6S/c1-11-3-7-13(8-4-11)23(15(17,18)19,16(20,21)22)14-9-5-12(2)6-10-14/h3-10H,1-2H3. The molecule has 0 amide bonds. The topological polar surface area (TPSA) is 0 Å². The Balaban J connectivity index is 2.86. The highest BCUT2D eigenvalue weighted by Gasteiger charge is 2.68. The Morgan fingerprint density at radius 1 is 0.565 bits per heavy atom. The molecule has 0 atom stereocenters. The van der Waals surface area contributed by atoms with Gasteiger partial charge in [-0.15, -0.1) is 0 Å². The first-order valence-corrected chi connectivity index (χ1v) is 8.23. The fraction of sp³-hybridized carbons (Fsp3) is 0.250. The second kappa shape index (κ2) is 5.78. The molecule has 0 nitrogen and oxygen atoms in total. The van der Waals surface area contributed by atoms with Crippen LogP contribution in [0.2, 0.25) is 0 Å². The normalized spacial score (nSPS) is 13.9. The van der Waals surface area contributed by atoms with Crippen molar-refractivity contribution in [1.29, 1.82) is 0 Å². The molecule has 0 unspecified atom stereocenters. The van der Waals surface area contributed by atoms with E-state index in [9.17, 15) is 26.3 Å².